The van der Waals surface area contributed by atoms with Gasteiger partial charge in [-0.25, -0.2) is 21.5 Å². The maximum atomic E-state index is 13.0. The van der Waals surface area contributed by atoms with Crippen LogP contribution in [0.15, 0.2) is 65.6 Å². The summed E-state index contributed by atoms with van der Waals surface area (Å²) in [4.78, 5) is 0.146. The average molecular weight is 446 g/mol. The van der Waals surface area contributed by atoms with E-state index in [0.29, 0.717) is 12.1 Å². The molecule has 1 fully saturated rings. The second kappa shape index (κ2) is 7.88. The lowest BCUT2D eigenvalue weighted by Crippen LogP contribution is -2.20. The fraction of sp³-hybridized carbons (Fsp3) is 0.286. The summed E-state index contributed by atoms with van der Waals surface area (Å²) < 4.78 is 54.0. The highest BCUT2D eigenvalue weighted by atomic mass is 32.2. The van der Waals surface area contributed by atoms with E-state index >= 15 is 0 Å². The van der Waals surface area contributed by atoms with Crippen molar-refractivity contribution < 1.29 is 16.8 Å². The van der Waals surface area contributed by atoms with Crippen molar-refractivity contribution in [2.75, 3.05) is 16.2 Å². The van der Waals surface area contributed by atoms with Crippen LogP contribution in [0.4, 0.5) is 5.82 Å². The third-order valence-corrected chi connectivity index (χ3v) is 8.36. The maximum Gasteiger partial charge on any atom is 0.263 e. The fourth-order valence-electron chi connectivity index (χ4n) is 3.57. The summed E-state index contributed by atoms with van der Waals surface area (Å²) in [6, 6.07) is 17.3. The van der Waals surface area contributed by atoms with Crippen molar-refractivity contribution in [2.45, 2.75) is 30.7 Å². The van der Waals surface area contributed by atoms with Crippen LogP contribution in [0.2, 0.25) is 0 Å². The minimum Gasteiger partial charge on any atom is -0.264 e. The standard InChI is InChI=1S/C21H23N3O4S2/c1-2-16-8-10-19(11-9-16)30(27,28)23-21-14-20(17-6-4-3-5-7-17)22-24(21)18-12-13-29(25,26)15-18/h3-11,14,18,23H,2,12-13,15H2,1H3/t18-/m0/s1. The molecule has 0 radical (unpaired) electrons. The number of nitrogens with one attached hydrogen (secondary N) is 1. The molecule has 158 valence electrons. The second-order valence-corrected chi connectivity index (χ2v) is 11.3. The first-order valence-corrected chi connectivity index (χ1v) is 13.0. The summed E-state index contributed by atoms with van der Waals surface area (Å²) in [5.41, 5.74) is 2.45. The zero-order chi connectivity index (χ0) is 21.4. The van der Waals surface area contributed by atoms with E-state index in [-0.39, 0.29) is 22.2 Å². The van der Waals surface area contributed by atoms with Crippen molar-refractivity contribution in [3.63, 3.8) is 0 Å². The van der Waals surface area contributed by atoms with E-state index in [1.165, 1.54) is 4.68 Å². The SMILES string of the molecule is CCc1ccc(S(=O)(=O)Nc2cc(-c3ccccc3)nn2[C@H]2CCS(=O)(=O)C2)cc1. The summed E-state index contributed by atoms with van der Waals surface area (Å²) in [5, 5.41) is 4.56. The van der Waals surface area contributed by atoms with E-state index in [1.54, 1.807) is 30.3 Å². The van der Waals surface area contributed by atoms with Gasteiger partial charge in [0.2, 0.25) is 0 Å². The van der Waals surface area contributed by atoms with E-state index in [9.17, 15) is 16.8 Å². The molecule has 0 spiro atoms. The number of benzene rings is 2. The maximum absolute atomic E-state index is 13.0. The van der Waals surface area contributed by atoms with Crippen LogP contribution in [0.5, 0.6) is 0 Å². The first-order chi connectivity index (χ1) is 14.3. The van der Waals surface area contributed by atoms with Crippen LogP contribution in [0.25, 0.3) is 11.3 Å². The molecule has 1 aliphatic rings. The van der Waals surface area contributed by atoms with Crippen molar-refractivity contribution >= 4 is 25.7 Å². The van der Waals surface area contributed by atoms with Gasteiger partial charge in [-0.1, -0.05) is 49.4 Å². The Balaban J connectivity index is 1.72. The number of nitrogens with zero attached hydrogens (tertiary/aromatic N) is 2. The lowest BCUT2D eigenvalue weighted by atomic mass is 10.2. The molecule has 0 saturated carbocycles. The Morgan fingerprint density at radius 2 is 1.80 bits per heavy atom. The number of rotatable bonds is 6. The monoisotopic (exact) mass is 445 g/mol. The number of aryl methyl sites for hydroxylation is 1. The predicted octanol–water partition coefficient (Wildman–Crippen LogP) is 3.27. The van der Waals surface area contributed by atoms with Gasteiger partial charge in [0.25, 0.3) is 10.0 Å². The molecule has 3 aromatic rings. The quantitative estimate of drug-likeness (QED) is 0.628. The number of aromatic nitrogens is 2. The van der Waals surface area contributed by atoms with E-state index in [0.717, 1.165) is 17.5 Å². The van der Waals surface area contributed by atoms with Gasteiger partial charge in [0, 0.05) is 11.6 Å². The second-order valence-electron chi connectivity index (χ2n) is 7.39. The number of hydrogen-bond donors (Lipinski definition) is 1. The predicted molar refractivity (Wildman–Crippen MR) is 117 cm³/mol. The van der Waals surface area contributed by atoms with Gasteiger partial charge in [-0.15, -0.1) is 0 Å². The Bertz CT molecular complexity index is 1250. The molecular formula is C21H23N3O4S2. The summed E-state index contributed by atoms with van der Waals surface area (Å²) in [6.07, 6.45) is 1.22. The first-order valence-electron chi connectivity index (χ1n) is 9.74. The highest BCUT2D eigenvalue weighted by molar-refractivity contribution is 7.92. The zero-order valence-electron chi connectivity index (χ0n) is 16.5. The molecule has 1 saturated heterocycles. The van der Waals surface area contributed by atoms with Crippen LogP contribution in [0, 0.1) is 0 Å². The number of hydrogen-bond acceptors (Lipinski definition) is 5. The molecule has 2 heterocycles. The van der Waals surface area contributed by atoms with Crippen LogP contribution in [-0.2, 0) is 26.3 Å². The molecule has 1 atom stereocenters. The molecule has 30 heavy (non-hydrogen) atoms. The van der Waals surface area contributed by atoms with Crippen molar-refractivity contribution in [3.05, 3.63) is 66.2 Å². The van der Waals surface area contributed by atoms with Gasteiger partial charge in [-0.05, 0) is 30.5 Å². The molecule has 0 bridgehead atoms. The van der Waals surface area contributed by atoms with Crippen LogP contribution < -0.4 is 4.72 Å². The highest BCUT2D eigenvalue weighted by Crippen LogP contribution is 2.31. The van der Waals surface area contributed by atoms with Crippen LogP contribution in [-0.4, -0.2) is 38.1 Å². The average Bonchev–Trinajstić information content (AvgIpc) is 3.31. The lowest BCUT2D eigenvalue weighted by molar-refractivity contribution is 0.507. The molecule has 7 nitrogen and oxygen atoms in total. The van der Waals surface area contributed by atoms with Gasteiger partial charge in [0.1, 0.15) is 5.82 Å². The molecule has 1 aromatic heterocycles. The number of anilines is 1. The molecular weight excluding hydrogens is 422 g/mol. The molecule has 4 rings (SSSR count). The zero-order valence-corrected chi connectivity index (χ0v) is 18.2. The molecule has 1 N–H and O–H groups in total. The minimum absolute atomic E-state index is 0.0527. The topological polar surface area (TPSA) is 98.1 Å². The van der Waals surface area contributed by atoms with Gasteiger partial charge in [0.15, 0.2) is 9.84 Å². The van der Waals surface area contributed by atoms with Crippen molar-refractivity contribution in [1.29, 1.82) is 0 Å². The van der Waals surface area contributed by atoms with Gasteiger partial charge in [0.05, 0.1) is 28.1 Å². The summed E-state index contributed by atoms with van der Waals surface area (Å²) in [6.45, 7) is 2.00. The summed E-state index contributed by atoms with van der Waals surface area (Å²) >= 11 is 0. The van der Waals surface area contributed by atoms with Crippen molar-refractivity contribution in [2.24, 2.45) is 0 Å². The largest absolute Gasteiger partial charge is 0.264 e. The molecule has 0 amide bonds. The first kappa shape index (κ1) is 20.6. The van der Waals surface area contributed by atoms with Crippen LogP contribution >= 0.6 is 0 Å². The minimum atomic E-state index is -3.85. The Morgan fingerprint density at radius 1 is 1.10 bits per heavy atom. The third-order valence-electron chi connectivity index (χ3n) is 5.24. The van der Waals surface area contributed by atoms with E-state index in [2.05, 4.69) is 9.82 Å². The molecule has 0 unspecified atom stereocenters. The summed E-state index contributed by atoms with van der Waals surface area (Å²) in [7, 11) is -7.01. The van der Waals surface area contributed by atoms with E-state index < -0.39 is 25.9 Å². The smallest absolute Gasteiger partial charge is 0.263 e. The normalized spacial score (nSPS) is 18.4. The molecule has 0 aliphatic carbocycles. The Labute approximate surface area is 176 Å². The third kappa shape index (κ3) is 4.27. The number of sulfone groups is 1. The molecule has 1 aliphatic heterocycles. The Hall–Kier alpha value is -2.65. The van der Waals surface area contributed by atoms with Gasteiger partial charge >= 0.3 is 0 Å². The molecule has 2 aromatic carbocycles. The molecule has 9 heteroatoms. The van der Waals surface area contributed by atoms with Gasteiger partial charge in [-0.2, -0.15) is 5.10 Å². The van der Waals surface area contributed by atoms with Crippen LogP contribution in [0.1, 0.15) is 24.9 Å². The van der Waals surface area contributed by atoms with Crippen molar-refractivity contribution in [3.8, 4) is 11.3 Å². The Morgan fingerprint density at radius 3 is 2.40 bits per heavy atom. The lowest BCUT2D eigenvalue weighted by Gasteiger charge is -2.15. The van der Waals surface area contributed by atoms with Gasteiger partial charge in [-0.3, -0.25) is 4.72 Å². The highest BCUT2D eigenvalue weighted by Gasteiger charge is 2.32. The van der Waals surface area contributed by atoms with Crippen molar-refractivity contribution in [1.82, 2.24) is 9.78 Å². The summed E-state index contributed by atoms with van der Waals surface area (Å²) in [5.74, 6) is 0.279. The van der Waals surface area contributed by atoms with E-state index in [1.807, 2.05) is 37.3 Å². The fourth-order valence-corrected chi connectivity index (χ4v) is 6.30. The number of sulfonamides is 1. The van der Waals surface area contributed by atoms with E-state index in [4.69, 9.17) is 0 Å². The van der Waals surface area contributed by atoms with Gasteiger partial charge < -0.3 is 0 Å². The van der Waals surface area contributed by atoms with Crippen LogP contribution in [0.3, 0.4) is 0 Å². The Kier molecular flexibility index (Phi) is 5.42.